The summed E-state index contributed by atoms with van der Waals surface area (Å²) < 4.78 is 5.85. The number of hydrogen-bond donors (Lipinski definition) is 0. The fraction of sp³-hybridized carbons (Fsp3) is 0.947. The van der Waals surface area contributed by atoms with Crippen molar-refractivity contribution in [3.63, 3.8) is 0 Å². The Labute approximate surface area is 137 Å². The van der Waals surface area contributed by atoms with E-state index in [2.05, 4.69) is 55.6 Å². The summed E-state index contributed by atoms with van der Waals surface area (Å²) in [5, 5.41) is -0.00620. The third-order valence-corrected chi connectivity index (χ3v) is 9.23. The first-order chi connectivity index (χ1) is 10.0. The van der Waals surface area contributed by atoms with Crippen LogP contribution in [0.25, 0.3) is 0 Å². The van der Waals surface area contributed by atoms with E-state index in [0.29, 0.717) is 0 Å². The zero-order chi connectivity index (χ0) is 16.6. The lowest BCUT2D eigenvalue weighted by Gasteiger charge is -2.72. The van der Waals surface area contributed by atoms with Crippen LogP contribution in [-0.4, -0.2) is 19.4 Å². The zero-order valence-corrected chi connectivity index (χ0v) is 15.5. The van der Waals surface area contributed by atoms with Crippen LogP contribution in [0.5, 0.6) is 0 Å². The molecule has 1 heterocycles. The Bertz CT molecular complexity index is 520. The molecule has 3 heteroatoms. The molecule has 1 radical (unpaired) electrons. The summed E-state index contributed by atoms with van der Waals surface area (Å²) in [5.41, 5.74) is -0.0793. The van der Waals surface area contributed by atoms with E-state index in [4.69, 9.17) is 4.74 Å². The molecule has 0 aromatic carbocycles. The first-order valence-electron chi connectivity index (χ1n) is 9.04. The second-order valence-electron chi connectivity index (χ2n) is 9.35. The summed E-state index contributed by atoms with van der Waals surface area (Å²) in [6.45, 7) is 16.2. The quantitative estimate of drug-likeness (QED) is 0.510. The van der Waals surface area contributed by atoms with Gasteiger partial charge in [0.2, 0.25) is 0 Å². The number of fused-ring (bicyclic) bond motifs is 2. The molecule has 3 fully saturated rings. The summed E-state index contributed by atoms with van der Waals surface area (Å²) in [6, 6.07) is 0. The van der Waals surface area contributed by atoms with Crippen molar-refractivity contribution >= 4 is 13.2 Å². The van der Waals surface area contributed by atoms with Crippen LogP contribution < -0.4 is 0 Å². The lowest BCUT2D eigenvalue weighted by molar-refractivity contribution is -0.182. The van der Waals surface area contributed by atoms with Crippen molar-refractivity contribution in [2.24, 2.45) is 21.7 Å². The van der Waals surface area contributed by atoms with Crippen molar-refractivity contribution in [1.82, 2.24) is 0 Å². The second-order valence-corrected chi connectivity index (χ2v) is 9.35. The molecule has 3 aliphatic rings. The molecular weight excluding hydrogens is 271 g/mol. The van der Waals surface area contributed by atoms with Gasteiger partial charge >= 0.3 is 5.97 Å². The highest BCUT2D eigenvalue weighted by Crippen LogP contribution is 2.81. The van der Waals surface area contributed by atoms with Crippen molar-refractivity contribution in [2.75, 3.05) is 0 Å². The van der Waals surface area contributed by atoms with Crippen LogP contribution >= 0.6 is 0 Å². The first kappa shape index (κ1) is 16.4. The van der Waals surface area contributed by atoms with Crippen LogP contribution in [0.15, 0.2) is 0 Å². The Kier molecular flexibility index (Phi) is 3.23. The molecule has 1 aliphatic heterocycles. The van der Waals surface area contributed by atoms with E-state index >= 15 is 0 Å². The maximum atomic E-state index is 12.8. The van der Waals surface area contributed by atoms with Crippen molar-refractivity contribution in [3.05, 3.63) is 0 Å². The van der Waals surface area contributed by atoms with Gasteiger partial charge in [-0.25, -0.2) is 0 Å². The fourth-order valence-electron chi connectivity index (χ4n) is 7.03. The summed E-state index contributed by atoms with van der Waals surface area (Å²) in [4.78, 5) is 12.8. The van der Waals surface area contributed by atoms with Gasteiger partial charge in [0.15, 0.2) is 0 Å². The van der Waals surface area contributed by atoms with Gasteiger partial charge in [-0.05, 0) is 49.3 Å². The maximum Gasteiger partial charge on any atom is 0.312 e. The van der Waals surface area contributed by atoms with Crippen molar-refractivity contribution in [2.45, 2.75) is 91.9 Å². The first-order valence-corrected chi connectivity index (χ1v) is 9.04. The van der Waals surface area contributed by atoms with E-state index in [1.807, 2.05) is 0 Å². The van der Waals surface area contributed by atoms with E-state index in [1.54, 1.807) is 0 Å². The van der Waals surface area contributed by atoms with Gasteiger partial charge in [0, 0.05) is 5.41 Å². The highest BCUT2D eigenvalue weighted by Gasteiger charge is 2.77. The molecule has 2 nitrogen and oxygen atoms in total. The van der Waals surface area contributed by atoms with Crippen molar-refractivity contribution in [1.29, 1.82) is 0 Å². The van der Waals surface area contributed by atoms with Gasteiger partial charge in [0.25, 0.3) is 0 Å². The molecule has 6 unspecified atom stereocenters. The average Bonchev–Trinajstić information content (AvgIpc) is 2.62. The van der Waals surface area contributed by atoms with Gasteiger partial charge in [-0.1, -0.05) is 47.4 Å². The van der Waals surface area contributed by atoms with Crippen LogP contribution in [0.3, 0.4) is 0 Å². The Morgan fingerprint density at radius 1 is 1.09 bits per heavy atom. The fourth-order valence-corrected chi connectivity index (χ4v) is 7.03. The van der Waals surface area contributed by atoms with E-state index in [1.165, 1.54) is 25.7 Å². The number of carbonyl (C=O) groups excluding carboxylic acids is 1. The molecule has 123 valence electrons. The Morgan fingerprint density at radius 2 is 1.68 bits per heavy atom. The molecule has 6 atom stereocenters. The molecule has 2 saturated carbocycles. The normalized spacial score (nSPS) is 57.8. The molecule has 0 bridgehead atoms. The van der Waals surface area contributed by atoms with Crippen LogP contribution in [0.4, 0.5) is 0 Å². The summed E-state index contributed by atoms with van der Waals surface area (Å²) in [6.07, 6.45) is 6.06. The predicted octanol–water partition coefficient (Wildman–Crippen LogP) is 4.87. The number of cyclic esters (lactones) is 1. The van der Waals surface area contributed by atoms with E-state index in [0.717, 1.165) is 6.42 Å². The second kappa shape index (κ2) is 4.33. The Hall–Kier alpha value is -0.465. The monoisotopic (exact) mass is 303 g/mol. The lowest BCUT2D eigenvalue weighted by Crippen LogP contribution is -2.67. The van der Waals surface area contributed by atoms with E-state index < -0.39 is 0 Å². The van der Waals surface area contributed by atoms with Crippen LogP contribution in [-0.2, 0) is 9.53 Å². The third-order valence-electron chi connectivity index (χ3n) is 9.23. The minimum Gasteiger partial charge on any atom is -0.462 e. The largest absolute Gasteiger partial charge is 0.462 e. The average molecular weight is 303 g/mol. The van der Waals surface area contributed by atoms with Crippen LogP contribution in [0.1, 0.15) is 73.6 Å². The molecule has 1 saturated heterocycles. The zero-order valence-electron chi connectivity index (χ0n) is 15.5. The number of rotatable bonds is 1. The third kappa shape index (κ3) is 1.39. The van der Waals surface area contributed by atoms with Gasteiger partial charge in [-0.3, -0.25) is 4.79 Å². The lowest BCUT2D eigenvalue weighted by atomic mass is 9.22. The van der Waals surface area contributed by atoms with E-state index in [-0.39, 0.29) is 39.0 Å². The number of ether oxygens (including phenoxy) is 1. The standard InChI is InChI=1S/C19H32BO2/c1-13-18(5)16(3,14(21)22-13)12-15(2)10-8-9-11-17(15,4)19(18,6)20-7/h13H,8-12H2,1-7H3. The predicted molar refractivity (Wildman–Crippen MR) is 91.1 cm³/mol. The van der Waals surface area contributed by atoms with Crippen LogP contribution in [0, 0.1) is 21.7 Å². The molecule has 3 rings (SSSR count). The van der Waals surface area contributed by atoms with Gasteiger partial charge in [-0.2, -0.15) is 0 Å². The summed E-state index contributed by atoms with van der Waals surface area (Å²) >= 11 is 0. The summed E-state index contributed by atoms with van der Waals surface area (Å²) in [7, 11) is 2.41. The van der Waals surface area contributed by atoms with Gasteiger partial charge < -0.3 is 4.74 Å². The molecule has 0 amide bonds. The number of carbonyl (C=O) groups is 1. The highest BCUT2D eigenvalue weighted by atomic mass is 16.6. The number of esters is 1. The van der Waals surface area contributed by atoms with Gasteiger partial charge in [-0.15, -0.1) is 0 Å². The van der Waals surface area contributed by atoms with Crippen molar-refractivity contribution < 1.29 is 9.53 Å². The molecule has 0 N–H and O–H groups in total. The Morgan fingerprint density at radius 3 is 2.27 bits per heavy atom. The molecule has 0 spiro atoms. The molecule has 22 heavy (non-hydrogen) atoms. The van der Waals surface area contributed by atoms with Gasteiger partial charge in [0.1, 0.15) is 13.4 Å². The minimum atomic E-state index is -0.376. The Balaban J connectivity index is 2.28. The molecule has 2 aliphatic carbocycles. The molecule has 0 aromatic rings. The SMILES string of the molecule is C[B]C1(C)C2(C)CCCCC2(C)CC2(C)C(=O)OC(C)C21C. The smallest absolute Gasteiger partial charge is 0.312 e. The minimum absolute atomic E-state index is 0.00620. The number of hydrogen-bond acceptors (Lipinski definition) is 2. The molecule has 0 aromatic heterocycles. The summed E-state index contributed by atoms with van der Waals surface area (Å²) in [5.74, 6) is 0.0319. The topological polar surface area (TPSA) is 26.3 Å². The molecular formula is C19H32BO2. The van der Waals surface area contributed by atoms with E-state index in [9.17, 15) is 4.79 Å². The maximum absolute atomic E-state index is 12.8. The van der Waals surface area contributed by atoms with Crippen LogP contribution in [0.2, 0.25) is 12.1 Å². The van der Waals surface area contributed by atoms with Crippen molar-refractivity contribution in [3.8, 4) is 0 Å². The van der Waals surface area contributed by atoms with Gasteiger partial charge in [0.05, 0.1) is 5.41 Å². The highest BCUT2D eigenvalue weighted by molar-refractivity contribution is 6.39.